The molecule has 0 saturated heterocycles. The maximum absolute atomic E-state index is 10.9. The van der Waals surface area contributed by atoms with Crippen LogP contribution in [0.1, 0.15) is 50.9 Å². The first kappa shape index (κ1) is 30.6. The standard InChI is InChI=1S/3C7H10N2O2.Fe/c3*1-4-5(2)8-7(10)9(11)6(4)3;/h3*1-3H3,(H,8,10);. The van der Waals surface area contributed by atoms with E-state index < -0.39 is 18.0 Å². The third kappa shape index (κ3) is 6.78. The van der Waals surface area contributed by atoms with E-state index in [-0.39, 0.29) is 17.1 Å². The largest absolute Gasteiger partial charge is 0.708 e. The van der Waals surface area contributed by atoms with E-state index in [4.69, 9.17) is 15.3 Å². The van der Waals surface area contributed by atoms with Crippen LogP contribution in [0.3, 0.4) is 0 Å². The summed E-state index contributed by atoms with van der Waals surface area (Å²) in [5, 5.41) is 59.7. The molecule has 0 unspecified atom stereocenters. The predicted octanol–water partition coefficient (Wildman–Crippen LogP) is 1.04. The molecule has 0 radical (unpaired) electrons. The molecule has 3 N–H and O–H groups in total. The molecular weight excluding hydrogens is 488 g/mol. The van der Waals surface area contributed by atoms with Crippen LogP contribution >= 0.6 is 0 Å². The third-order valence-corrected chi connectivity index (χ3v) is 5.52. The molecule has 0 aromatic carbocycles. The Morgan fingerprint density at radius 1 is 0.471 bits per heavy atom. The number of rotatable bonds is 0. The third-order valence-electron chi connectivity index (χ3n) is 5.52. The summed E-state index contributed by atoms with van der Waals surface area (Å²) < 4.78 is 1.26. The van der Waals surface area contributed by atoms with Crippen LogP contribution in [0.4, 0.5) is 0 Å². The molecule has 3 rings (SSSR count). The van der Waals surface area contributed by atoms with E-state index in [2.05, 4.69) is 15.0 Å². The quantitative estimate of drug-likeness (QED) is 0.223. The first-order valence-corrected chi connectivity index (χ1v) is 9.90. The fourth-order valence-corrected chi connectivity index (χ4v) is 2.53. The van der Waals surface area contributed by atoms with Gasteiger partial charge in [-0.3, -0.25) is 0 Å². The number of aryl methyl sites for hydroxylation is 3. The van der Waals surface area contributed by atoms with Gasteiger partial charge in [-0.15, -0.1) is 0 Å². The fourth-order valence-electron chi connectivity index (χ4n) is 2.53. The second-order valence-corrected chi connectivity index (χ2v) is 7.51. The van der Waals surface area contributed by atoms with Gasteiger partial charge in [0.25, 0.3) is 0 Å². The van der Waals surface area contributed by atoms with Crippen molar-refractivity contribution < 1.29 is 46.6 Å². The van der Waals surface area contributed by atoms with E-state index in [1.165, 1.54) is 0 Å². The molecule has 0 spiro atoms. The molecule has 0 fully saturated rings. The maximum atomic E-state index is 10.9. The Bertz CT molecular complexity index is 965. The number of hydrogen-bond acceptors (Lipinski definition) is 9. The molecule has 3 aromatic rings. The molecule has 0 aliphatic heterocycles. The van der Waals surface area contributed by atoms with Gasteiger partial charge in [-0.25, -0.2) is 0 Å². The summed E-state index contributed by atoms with van der Waals surface area (Å²) in [6.45, 7) is 15.6. The Balaban J connectivity index is 0.000000473. The molecule has 0 bridgehead atoms. The Morgan fingerprint density at radius 2 is 0.647 bits per heavy atom. The van der Waals surface area contributed by atoms with Crippen molar-refractivity contribution in [2.45, 2.75) is 62.3 Å². The Morgan fingerprint density at radius 3 is 0.824 bits per heavy atom. The summed E-state index contributed by atoms with van der Waals surface area (Å²) in [5.41, 5.74) is 6.00. The van der Waals surface area contributed by atoms with E-state index in [0.29, 0.717) is 48.4 Å². The Kier molecular flexibility index (Phi) is 10.9. The van der Waals surface area contributed by atoms with Gasteiger partial charge in [0.05, 0.1) is 0 Å². The average Bonchev–Trinajstić information content (AvgIpc) is 2.77. The van der Waals surface area contributed by atoms with Crippen molar-refractivity contribution in [3.8, 4) is 18.0 Å². The average molecular weight is 518 g/mol. The van der Waals surface area contributed by atoms with Crippen LogP contribution in [0.5, 0.6) is 18.0 Å². The van der Waals surface area contributed by atoms with Gasteiger partial charge >= 0.3 is 18.0 Å². The van der Waals surface area contributed by atoms with Crippen molar-refractivity contribution in [3.05, 3.63) is 66.5 Å². The minimum absolute atomic E-state index is 0. The first-order chi connectivity index (χ1) is 15.1. The Hall–Kier alpha value is -3.44. The van der Waals surface area contributed by atoms with Crippen molar-refractivity contribution in [2.24, 2.45) is 0 Å². The molecule has 0 amide bonds. The van der Waals surface area contributed by atoms with Crippen LogP contribution in [0.2, 0.25) is 0 Å². The number of nitrogens with zero attached hydrogens (tertiary/aromatic N) is 6. The minimum Gasteiger partial charge on any atom is -0.708 e. The van der Waals surface area contributed by atoms with E-state index in [9.17, 15) is 15.6 Å². The van der Waals surface area contributed by atoms with Gasteiger partial charge in [0, 0.05) is 54.5 Å². The van der Waals surface area contributed by atoms with E-state index in [0.717, 1.165) is 16.7 Å². The number of aromatic nitrogens is 6. The molecule has 0 aliphatic rings. The van der Waals surface area contributed by atoms with E-state index in [1.807, 2.05) is 0 Å². The zero-order valence-electron chi connectivity index (χ0n) is 20.6. The molecule has 12 nitrogen and oxygen atoms in total. The van der Waals surface area contributed by atoms with Gasteiger partial charge in [-0.2, -0.15) is 14.2 Å². The molecule has 0 atom stereocenters. The number of aromatic hydroxyl groups is 3. The van der Waals surface area contributed by atoms with Crippen molar-refractivity contribution in [2.75, 3.05) is 0 Å². The van der Waals surface area contributed by atoms with Crippen molar-refractivity contribution in [1.29, 1.82) is 0 Å². The van der Waals surface area contributed by atoms with Gasteiger partial charge in [0.1, 0.15) is 17.1 Å². The van der Waals surface area contributed by atoms with Crippen LogP contribution in [-0.4, -0.2) is 30.3 Å². The van der Waals surface area contributed by atoms with Crippen molar-refractivity contribution in [3.63, 3.8) is 0 Å². The van der Waals surface area contributed by atoms with Gasteiger partial charge in [-0.1, -0.05) is 0 Å². The van der Waals surface area contributed by atoms with Gasteiger partial charge in [0.2, 0.25) is 0 Å². The first-order valence-electron chi connectivity index (χ1n) is 9.90. The molecule has 13 heteroatoms. The van der Waals surface area contributed by atoms with Crippen LogP contribution in [0.15, 0.2) is 0 Å². The summed E-state index contributed by atoms with van der Waals surface area (Å²) in [5.74, 6) is 0. The monoisotopic (exact) mass is 518 g/mol. The second-order valence-electron chi connectivity index (χ2n) is 7.51. The SMILES string of the molecule is Cc1nc(O)[n+]([O-])c(C)c1C.Cc1nc(O)[n+]([O-])c(C)c1C.Cc1nc(O)[n+]([O-])c(C)c1C.[Fe]. The topological polar surface area (TPSA) is 180 Å². The molecule has 188 valence electrons. The van der Waals surface area contributed by atoms with Crippen LogP contribution in [0.25, 0.3) is 0 Å². The second kappa shape index (κ2) is 12.1. The summed E-state index contributed by atoms with van der Waals surface area (Å²) in [4.78, 5) is 10.9. The van der Waals surface area contributed by atoms with Gasteiger partial charge < -0.3 is 30.9 Å². The molecule has 34 heavy (non-hydrogen) atoms. The van der Waals surface area contributed by atoms with Gasteiger partial charge in [0.15, 0.2) is 17.1 Å². The zero-order chi connectivity index (χ0) is 25.8. The number of hydrogen-bond donors (Lipinski definition) is 3. The molecule has 0 aliphatic carbocycles. The normalized spacial score (nSPS) is 9.79. The molecular formula is C21H30FeN6O6. The minimum atomic E-state index is -0.481. The van der Waals surface area contributed by atoms with E-state index in [1.54, 1.807) is 62.3 Å². The zero-order valence-corrected chi connectivity index (χ0v) is 21.7. The van der Waals surface area contributed by atoms with Crippen LogP contribution in [0, 0.1) is 77.9 Å². The Labute approximate surface area is 208 Å². The van der Waals surface area contributed by atoms with Crippen molar-refractivity contribution >= 4 is 0 Å². The molecule has 3 heterocycles. The van der Waals surface area contributed by atoms with Gasteiger partial charge in [-0.05, 0) is 56.5 Å². The van der Waals surface area contributed by atoms with Crippen LogP contribution in [-0.2, 0) is 17.1 Å². The molecule has 3 aromatic heterocycles. The summed E-state index contributed by atoms with van der Waals surface area (Å²) in [7, 11) is 0. The maximum Gasteiger partial charge on any atom is 0.499 e. The fraction of sp³-hybridized carbons (Fsp3) is 0.429. The summed E-state index contributed by atoms with van der Waals surface area (Å²) >= 11 is 0. The summed E-state index contributed by atoms with van der Waals surface area (Å²) in [6.07, 6.45) is 0. The van der Waals surface area contributed by atoms with Crippen molar-refractivity contribution in [1.82, 2.24) is 15.0 Å². The molecule has 0 saturated carbocycles. The predicted molar refractivity (Wildman–Crippen MR) is 117 cm³/mol. The smallest absolute Gasteiger partial charge is 0.499 e. The van der Waals surface area contributed by atoms with Crippen LogP contribution < -0.4 is 14.2 Å². The summed E-state index contributed by atoms with van der Waals surface area (Å²) in [6, 6.07) is -1.44. The van der Waals surface area contributed by atoms with E-state index >= 15 is 0 Å².